The fourth-order valence-corrected chi connectivity index (χ4v) is 6.18. The van der Waals surface area contributed by atoms with Crippen molar-refractivity contribution in [2.24, 2.45) is 11.8 Å². The van der Waals surface area contributed by atoms with E-state index in [1.54, 1.807) is 4.31 Å². The number of hydrogen-bond acceptors (Lipinski definition) is 4. The van der Waals surface area contributed by atoms with Gasteiger partial charge in [-0.2, -0.15) is 4.31 Å². The molecule has 4 rings (SSSR count). The van der Waals surface area contributed by atoms with Crippen LogP contribution in [0.3, 0.4) is 0 Å². The molecule has 0 radical (unpaired) electrons. The summed E-state index contributed by atoms with van der Waals surface area (Å²) < 4.78 is 26.4. The summed E-state index contributed by atoms with van der Waals surface area (Å²) in [5.74, 6) is 0.590. The molecule has 3 fully saturated rings. The summed E-state index contributed by atoms with van der Waals surface area (Å²) in [6, 6.07) is 9.70. The van der Waals surface area contributed by atoms with Gasteiger partial charge < -0.3 is 4.90 Å². The summed E-state index contributed by atoms with van der Waals surface area (Å²) in [6.07, 6.45) is 4.91. The number of rotatable bonds is 4. The molecular formula is C20H29N3O3S. The molecule has 3 heterocycles. The molecule has 148 valence electrons. The highest BCUT2D eigenvalue weighted by Crippen LogP contribution is 2.46. The first-order valence-corrected chi connectivity index (χ1v) is 11.8. The smallest absolute Gasteiger partial charge is 0.236 e. The normalized spacial score (nSPS) is 29.8. The monoisotopic (exact) mass is 391 g/mol. The molecular weight excluding hydrogens is 362 g/mol. The Labute approximate surface area is 162 Å². The van der Waals surface area contributed by atoms with E-state index in [9.17, 15) is 13.2 Å². The SMILES string of the molecule is CS(=O)(=O)N1C[C@H]2CN(C(=O)CN3CCCCC3)C[C@H]2[C@@H]1c1ccccc1. The Hall–Kier alpha value is -1.44. The van der Waals surface area contributed by atoms with Gasteiger partial charge in [0.15, 0.2) is 0 Å². The molecule has 0 aromatic heterocycles. The van der Waals surface area contributed by atoms with Crippen molar-refractivity contribution in [2.45, 2.75) is 25.3 Å². The Morgan fingerprint density at radius 1 is 1.04 bits per heavy atom. The minimum atomic E-state index is -3.28. The van der Waals surface area contributed by atoms with E-state index in [1.807, 2.05) is 35.2 Å². The van der Waals surface area contributed by atoms with Crippen molar-refractivity contribution >= 4 is 15.9 Å². The van der Waals surface area contributed by atoms with Crippen molar-refractivity contribution < 1.29 is 13.2 Å². The molecule has 0 aliphatic carbocycles. The molecule has 0 N–H and O–H groups in total. The quantitative estimate of drug-likeness (QED) is 0.782. The third-order valence-electron chi connectivity index (χ3n) is 6.35. The fourth-order valence-electron chi connectivity index (χ4n) is 5.02. The molecule has 1 aromatic carbocycles. The summed E-state index contributed by atoms with van der Waals surface area (Å²) in [6.45, 7) is 4.37. The lowest BCUT2D eigenvalue weighted by molar-refractivity contribution is -0.132. The summed E-state index contributed by atoms with van der Waals surface area (Å²) >= 11 is 0. The highest BCUT2D eigenvalue weighted by molar-refractivity contribution is 7.88. The highest BCUT2D eigenvalue weighted by Gasteiger charge is 2.51. The van der Waals surface area contributed by atoms with Crippen LogP contribution in [-0.2, 0) is 14.8 Å². The fraction of sp³-hybridized carbons (Fsp3) is 0.650. The number of nitrogens with zero attached hydrogens (tertiary/aromatic N) is 3. The number of benzene rings is 1. The number of amides is 1. The zero-order valence-electron chi connectivity index (χ0n) is 16.0. The predicted octanol–water partition coefficient (Wildman–Crippen LogP) is 1.56. The van der Waals surface area contributed by atoms with Gasteiger partial charge in [-0.25, -0.2) is 8.42 Å². The lowest BCUT2D eigenvalue weighted by Gasteiger charge is -2.30. The first-order chi connectivity index (χ1) is 12.9. The van der Waals surface area contributed by atoms with Gasteiger partial charge in [-0.05, 0) is 37.4 Å². The van der Waals surface area contributed by atoms with Crippen molar-refractivity contribution in [3.8, 4) is 0 Å². The molecule has 0 saturated carbocycles. The molecule has 0 bridgehead atoms. The van der Waals surface area contributed by atoms with E-state index < -0.39 is 10.0 Å². The van der Waals surface area contributed by atoms with E-state index in [2.05, 4.69) is 4.90 Å². The van der Waals surface area contributed by atoms with Crippen LogP contribution in [0.2, 0.25) is 0 Å². The summed E-state index contributed by atoms with van der Waals surface area (Å²) in [5, 5.41) is 0. The summed E-state index contributed by atoms with van der Waals surface area (Å²) in [7, 11) is -3.28. The minimum Gasteiger partial charge on any atom is -0.341 e. The van der Waals surface area contributed by atoms with Crippen LogP contribution in [-0.4, -0.2) is 74.0 Å². The molecule has 0 unspecified atom stereocenters. The second kappa shape index (κ2) is 7.53. The van der Waals surface area contributed by atoms with Gasteiger partial charge in [0.1, 0.15) is 0 Å². The second-order valence-electron chi connectivity index (χ2n) is 8.25. The number of sulfonamides is 1. The van der Waals surface area contributed by atoms with Crippen molar-refractivity contribution in [3.63, 3.8) is 0 Å². The van der Waals surface area contributed by atoms with Crippen LogP contribution in [0.1, 0.15) is 30.9 Å². The largest absolute Gasteiger partial charge is 0.341 e. The molecule has 0 spiro atoms. The molecule has 3 saturated heterocycles. The second-order valence-corrected chi connectivity index (χ2v) is 10.2. The van der Waals surface area contributed by atoms with Crippen LogP contribution in [0.5, 0.6) is 0 Å². The zero-order valence-corrected chi connectivity index (χ0v) is 16.8. The lowest BCUT2D eigenvalue weighted by Crippen LogP contribution is -2.43. The van der Waals surface area contributed by atoms with Gasteiger partial charge in [0, 0.05) is 25.6 Å². The maximum absolute atomic E-state index is 12.8. The van der Waals surface area contributed by atoms with E-state index in [1.165, 1.54) is 25.5 Å². The van der Waals surface area contributed by atoms with Crippen LogP contribution in [0.4, 0.5) is 0 Å². The van der Waals surface area contributed by atoms with Crippen molar-refractivity contribution in [1.82, 2.24) is 14.1 Å². The Morgan fingerprint density at radius 3 is 2.41 bits per heavy atom. The van der Waals surface area contributed by atoms with E-state index in [-0.39, 0.29) is 23.8 Å². The highest BCUT2D eigenvalue weighted by atomic mass is 32.2. The summed E-state index contributed by atoms with van der Waals surface area (Å²) in [5.41, 5.74) is 1.03. The van der Waals surface area contributed by atoms with Crippen LogP contribution in [0.15, 0.2) is 30.3 Å². The lowest BCUT2D eigenvalue weighted by atomic mass is 9.90. The Morgan fingerprint density at radius 2 is 1.74 bits per heavy atom. The van der Waals surface area contributed by atoms with E-state index in [0.29, 0.717) is 26.2 Å². The number of likely N-dealkylation sites (tertiary alicyclic amines) is 2. The molecule has 3 atom stereocenters. The van der Waals surface area contributed by atoms with E-state index in [0.717, 1.165) is 18.7 Å². The van der Waals surface area contributed by atoms with Crippen molar-refractivity contribution in [2.75, 3.05) is 45.5 Å². The average Bonchev–Trinajstić information content (AvgIpc) is 3.21. The van der Waals surface area contributed by atoms with Gasteiger partial charge in [-0.3, -0.25) is 9.69 Å². The standard InChI is InChI=1S/C20H29N3O3S/c1-27(25,26)23-13-17-12-22(19(24)15-21-10-6-3-7-11-21)14-18(17)20(23)16-8-4-2-5-9-16/h2,4-5,8-9,17-18,20H,3,6-7,10-15H2,1H3/t17-,18-,20+/m1/s1. The molecule has 3 aliphatic heterocycles. The number of carbonyl (C=O) groups is 1. The summed E-state index contributed by atoms with van der Waals surface area (Å²) in [4.78, 5) is 17.1. The van der Waals surface area contributed by atoms with E-state index in [4.69, 9.17) is 0 Å². The van der Waals surface area contributed by atoms with Gasteiger partial charge in [0.05, 0.1) is 18.8 Å². The molecule has 6 nitrogen and oxygen atoms in total. The van der Waals surface area contributed by atoms with Crippen LogP contribution < -0.4 is 0 Å². The average molecular weight is 392 g/mol. The number of hydrogen-bond donors (Lipinski definition) is 0. The van der Waals surface area contributed by atoms with Crippen LogP contribution in [0, 0.1) is 11.8 Å². The Kier molecular flexibility index (Phi) is 5.27. The Balaban J connectivity index is 1.49. The van der Waals surface area contributed by atoms with Gasteiger partial charge in [-0.15, -0.1) is 0 Å². The number of fused-ring (bicyclic) bond motifs is 1. The molecule has 1 aromatic rings. The molecule has 3 aliphatic rings. The third kappa shape index (κ3) is 3.91. The maximum Gasteiger partial charge on any atom is 0.236 e. The van der Waals surface area contributed by atoms with Crippen molar-refractivity contribution in [1.29, 1.82) is 0 Å². The molecule has 7 heteroatoms. The number of carbonyl (C=O) groups excluding carboxylic acids is 1. The Bertz CT molecular complexity index is 777. The van der Waals surface area contributed by atoms with Crippen molar-refractivity contribution in [3.05, 3.63) is 35.9 Å². The van der Waals surface area contributed by atoms with Gasteiger partial charge >= 0.3 is 0 Å². The third-order valence-corrected chi connectivity index (χ3v) is 7.58. The van der Waals surface area contributed by atoms with Crippen LogP contribution >= 0.6 is 0 Å². The topological polar surface area (TPSA) is 60.9 Å². The molecule has 27 heavy (non-hydrogen) atoms. The molecule has 1 amide bonds. The zero-order chi connectivity index (χ0) is 19.0. The first-order valence-electron chi connectivity index (χ1n) is 9.95. The predicted molar refractivity (Wildman–Crippen MR) is 105 cm³/mol. The van der Waals surface area contributed by atoms with Gasteiger partial charge in [0.25, 0.3) is 0 Å². The maximum atomic E-state index is 12.8. The van der Waals surface area contributed by atoms with Gasteiger partial charge in [0.2, 0.25) is 15.9 Å². The van der Waals surface area contributed by atoms with Gasteiger partial charge in [-0.1, -0.05) is 36.8 Å². The van der Waals surface area contributed by atoms with Crippen LogP contribution in [0.25, 0.3) is 0 Å². The number of piperidine rings is 1. The van der Waals surface area contributed by atoms with E-state index >= 15 is 0 Å². The minimum absolute atomic E-state index is 0.168. The first kappa shape index (κ1) is 18.9.